The van der Waals surface area contributed by atoms with Gasteiger partial charge in [0.1, 0.15) is 5.78 Å². The summed E-state index contributed by atoms with van der Waals surface area (Å²) in [6.45, 7) is 1.77. The van der Waals surface area contributed by atoms with Gasteiger partial charge >= 0.3 is 11.9 Å². The fourth-order valence-electron chi connectivity index (χ4n) is 1.88. The number of esters is 1. The quantitative estimate of drug-likeness (QED) is 0.747. The van der Waals surface area contributed by atoms with Gasteiger partial charge in [-0.25, -0.2) is 4.79 Å². The number of carbonyl (C=O) groups is 3. The number of hydrogen-bond donors (Lipinski definition) is 2. The lowest BCUT2D eigenvalue weighted by Gasteiger charge is -2.20. The lowest BCUT2D eigenvalue weighted by Crippen LogP contribution is -2.25. The van der Waals surface area contributed by atoms with Crippen molar-refractivity contribution in [2.75, 3.05) is 5.75 Å². The summed E-state index contributed by atoms with van der Waals surface area (Å²) >= 11 is 1.22. The normalized spacial score (nSPS) is 26.7. The molecule has 2 N–H and O–H groups in total. The molecule has 1 heterocycles. The fraction of sp³-hybridized carbons (Fsp3) is 0.769. The topological polar surface area (TPSA) is 101 Å². The molecule has 0 bridgehead atoms. The summed E-state index contributed by atoms with van der Waals surface area (Å²) < 4.78 is 5.14. The van der Waals surface area contributed by atoms with E-state index in [-0.39, 0.29) is 35.3 Å². The zero-order valence-corrected chi connectivity index (χ0v) is 12.2. The van der Waals surface area contributed by atoms with Crippen molar-refractivity contribution < 1.29 is 29.3 Å². The van der Waals surface area contributed by atoms with E-state index < -0.39 is 12.1 Å². The van der Waals surface area contributed by atoms with Crippen molar-refractivity contribution in [3.63, 3.8) is 0 Å². The smallest absolute Gasteiger partial charge is 0.333 e. The zero-order chi connectivity index (χ0) is 15.1. The van der Waals surface area contributed by atoms with Crippen molar-refractivity contribution in [2.24, 2.45) is 0 Å². The molecule has 1 fully saturated rings. The van der Waals surface area contributed by atoms with Crippen LogP contribution in [0, 0.1) is 0 Å². The molecule has 6 nitrogen and oxygen atoms in total. The largest absolute Gasteiger partial charge is 0.479 e. The maximum absolute atomic E-state index is 11.8. The van der Waals surface area contributed by atoms with Crippen LogP contribution in [0.4, 0.5) is 0 Å². The summed E-state index contributed by atoms with van der Waals surface area (Å²) in [5.41, 5.74) is 0. The summed E-state index contributed by atoms with van der Waals surface area (Å²) in [7, 11) is 0. The van der Waals surface area contributed by atoms with Gasteiger partial charge in [0.05, 0.1) is 6.10 Å². The van der Waals surface area contributed by atoms with Crippen molar-refractivity contribution in [2.45, 2.75) is 56.5 Å². The third-order valence-corrected chi connectivity index (χ3v) is 4.44. The first-order valence-corrected chi connectivity index (χ1v) is 7.67. The number of carboxylic acid groups (broad SMARTS) is 1. The van der Waals surface area contributed by atoms with Crippen molar-refractivity contribution in [3.05, 3.63) is 0 Å². The molecular weight excluding hydrogens is 284 g/mol. The van der Waals surface area contributed by atoms with Gasteiger partial charge in [0.25, 0.3) is 0 Å². The summed E-state index contributed by atoms with van der Waals surface area (Å²) in [5, 5.41) is 17.7. The van der Waals surface area contributed by atoms with Gasteiger partial charge in [-0.2, -0.15) is 11.8 Å². The highest BCUT2D eigenvalue weighted by Crippen LogP contribution is 2.24. The number of Topliss-reactive ketones (excluding diaryl/α,β-unsaturated/α-hetero) is 1. The molecule has 1 aliphatic rings. The minimum Gasteiger partial charge on any atom is -0.479 e. The predicted octanol–water partition coefficient (Wildman–Crippen LogP) is 0.999. The van der Waals surface area contributed by atoms with Gasteiger partial charge in [0.15, 0.2) is 6.10 Å². The maximum Gasteiger partial charge on any atom is 0.333 e. The Morgan fingerprint density at radius 2 is 2.10 bits per heavy atom. The van der Waals surface area contributed by atoms with E-state index in [9.17, 15) is 19.5 Å². The lowest BCUT2D eigenvalue weighted by molar-refractivity contribution is -0.149. The zero-order valence-electron chi connectivity index (χ0n) is 11.4. The summed E-state index contributed by atoms with van der Waals surface area (Å²) in [5.74, 6) is -1.48. The van der Waals surface area contributed by atoms with E-state index in [1.807, 2.05) is 0 Å². The van der Waals surface area contributed by atoms with E-state index in [0.29, 0.717) is 25.7 Å². The SMILES string of the molecule is C[C@@H]1CCC(=O)C[C@@H](SC[C@H](O)C(=O)O)CCC(=O)O1. The van der Waals surface area contributed by atoms with Crippen LogP contribution in [0.5, 0.6) is 0 Å². The molecule has 0 radical (unpaired) electrons. The summed E-state index contributed by atoms with van der Waals surface area (Å²) in [6.07, 6.45) is 0.137. The van der Waals surface area contributed by atoms with Gasteiger partial charge < -0.3 is 14.9 Å². The Kier molecular flexibility index (Phi) is 7.01. The number of ether oxygens (including phenoxy) is 1. The molecule has 114 valence electrons. The highest BCUT2D eigenvalue weighted by atomic mass is 32.2. The van der Waals surface area contributed by atoms with Crippen LogP contribution in [0.25, 0.3) is 0 Å². The molecule has 0 unspecified atom stereocenters. The Balaban J connectivity index is 2.53. The van der Waals surface area contributed by atoms with E-state index in [0.717, 1.165) is 0 Å². The summed E-state index contributed by atoms with van der Waals surface area (Å²) in [4.78, 5) is 33.9. The number of carboxylic acids is 1. The van der Waals surface area contributed by atoms with Gasteiger partial charge in [-0.3, -0.25) is 9.59 Å². The van der Waals surface area contributed by atoms with Crippen molar-refractivity contribution >= 4 is 29.5 Å². The van der Waals surface area contributed by atoms with E-state index in [1.54, 1.807) is 6.92 Å². The number of aliphatic carboxylic acids is 1. The Bertz CT molecular complexity index is 370. The highest BCUT2D eigenvalue weighted by Gasteiger charge is 2.23. The second-order valence-corrected chi connectivity index (χ2v) is 6.26. The van der Waals surface area contributed by atoms with Crippen molar-refractivity contribution in [1.29, 1.82) is 0 Å². The van der Waals surface area contributed by atoms with Crippen LogP contribution in [0.2, 0.25) is 0 Å². The Hall–Kier alpha value is -1.08. The van der Waals surface area contributed by atoms with Crippen molar-refractivity contribution in [1.82, 2.24) is 0 Å². The molecule has 0 aliphatic carbocycles. The van der Waals surface area contributed by atoms with Crippen molar-refractivity contribution in [3.8, 4) is 0 Å². The van der Waals surface area contributed by atoms with Crippen LogP contribution in [-0.4, -0.2) is 51.1 Å². The number of thioether (sulfide) groups is 1. The number of rotatable bonds is 4. The second kappa shape index (κ2) is 8.26. The fourth-order valence-corrected chi connectivity index (χ4v) is 3.07. The minimum atomic E-state index is -1.45. The van der Waals surface area contributed by atoms with Crippen LogP contribution >= 0.6 is 11.8 Å². The first kappa shape index (κ1) is 17.0. The third-order valence-electron chi connectivity index (χ3n) is 3.06. The molecule has 0 amide bonds. The van der Waals surface area contributed by atoms with Crippen LogP contribution in [0.3, 0.4) is 0 Å². The molecule has 1 aliphatic heterocycles. The highest BCUT2D eigenvalue weighted by molar-refractivity contribution is 8.00. The van der Waals surface area contributed by atoms with Crippen LogP contribution in [-0.2, 0) is 19.1 Å². The molecule has 0 spiro atoms. The molecule has 20 heavy (non-hydrogen) atoms. The minimum absolute atomic E-state index is 0.0126. The van der Waals surface area contributed by atoms with Crippen LogP contribution in [0.1, 0.15) is 39.0 Å². The Morgan fingerprint density at radius 1 is 1.40 bits per heavy atom. The molecule has 0 aromatic rings. The number of aliphatic hydroxyl groups excluding tert-OH is 1. The first-order chi connectivity index (χ1) is 9.38. The maximum atomic E-state index is 11.8. The Labute approximate surface area is 121 Å². The standard InChI is InChI=1S/C13H20O6S/c1-8-2-3-9(14)6-10(4-5-12(16)19-8)20-7-11(15)13(17)18/h8,10-11,15H,2-7H2,1H3,(H,17,18)/t8-,10+,11+/m1/s1. The van der Waals surface area contributed by atoms with E-state index >= 15 is 0 Å². The molecular formula is C13H20O6S. The molecule has 7 heteroatoms. The lowest BCUT2D eigenvalue weighted by atomic mass is 10.0. The molecule has 1 rings (SSSR count). The van der Waals surface area contributed by atoms with Crippen LogP contribution in [0.15, 0.2) is 0 Å². The van der Waals surface area contributed by atoms with E-state index in [4.69, 9.17) is 9.84 Å². The molecule has 1 saturated heterocycles. The second-order valence-electron chi connectivity index (χ2n) is 4.93. The molecule has 0 aromatic carbocycles. The van der Waals surface area contributed by atoms with Gasteiger partial charge in [0, 0.05) is 30.3 Å². The predicted molar refractivity (Wildman–Crippen MR) is 73.5 cm³/mol. The molecule has 3 atom stereocenters. The third kappa shape index (κ3) is 6.38. The number of cyclic esters (lactones) is 1. The Morgan fingerprint density at radius 3 is 2.75 bits per heavy atom. The van der Waals surface area contributed by atoms with Gasteiger partial charge in [-0.15, -0.1) is 0 Å². The van der Waals surface area contributed by atoms with Gasteiger partial charge in [0.2, 0.25) is 0 Å². The number of hydrogen-bond acceptors (Lipinski definition) is 6. The first-order valence-electron chi connectivity index (χ1n) is 6.62. The van der Waals surface area contributed by atoms with Crippen LogP contribution < -0.4 is 0 Å². The average molecular weight is 304 g/mol. The molecule has 0 aromatic heterocycles. The number of carbonyl (C=O) groups excluding carboxylic acids is 2. The van der Waals surface area contributed by atoms with E-state index in [1.165, 1.54) is 11.8 Å². The summed E-state index contributed by atoms with van der Waals surface area (Å²) in [6, 6.07) is 0. The monoisotopic (exact) mass is 304 g/mol. The van der Waals surface area contributed by atoms with Gasteiger partial charge in [-0.05, 0) is 19.8 Å². The number of ketones is 1. The number of aliphatic hydroxyl groups is 1. The van der Waals surface area contributed by atoms with Gasteiger partial charge in [-0.1, -0.05) is 0 Å². The average Bonchev–Trinajstić information content (AvgIpc) is 2.38. The molecule has 0 saturated carbocycles. The van der Waals surface area contributed by atoms with E-state index in [2.05, 4.69) is 0 Å².